The van der Waals surface area contributed by atoms with Crippen LogP contribution in [0.4, 0.5) is 11.5 Å². The third-order valence-electron chi connectivity index (χ3n) is 2.58. The maximum atomic E-state index is 12.2. The summed E-state index contributed by atoms with van der Waals surface area (Å²) in [5.74, 6) is 0.437. The van der Waals surface area contributed by atoms with Gasteiger partial charge in [-0.05, 0) is 31.2 Å². The van der Waals surface area contributed by atoms with Crippen molar-refractivity contribution in [3.63, 3.8) is 0 Å². The van der Waals surface area contributed by atoms with E-state index in [1.165, 1.54) is 4.90 Å². The molecule has 0 aliphatic heterocycles. The molecule has 0 unspecified atom stereocenters. The Morgan fingerprint density at radius 1 is 1.32 bits per heavy atom. The molecule has 2 heterocycles. The molecule has 6 heteroatoms. The van der Waals surface area contributed by atoms with Crippen LogP contribution in [0.25, 0.3) is 0 Å². The Bertz CT molecular complexity index is 541. The van der Waals surface area contributed by atoms with Crippen molar-refractivity contribution in [1.82, 2.24) is 15.2 Å². The number of hydrogen-bond acceptors (Lipinski definition) is 5. The number of amides is 1. The first-order chi connectivity index (χ1) is 9.22. The fourth-order valence-corrected chi connectivity index (χ4v) is 1.56. The third-order valence-corrected chi connectivity index (χ3v) is 2.58. The fraction of sp³-hybridized carbons (Fsp3) is 0.231. The van der Waals surface area contributed by atoms with Crippen LogP contribution >= 0.6 is 0 Å². The average Bonchev–Trinajstić information content (AvgIpc) is 2.48. The average molecular weight is 257 g/mol. The predicted octanol–water partition coefficient (Wildman–Crippen LogP) is 1.58. The Labute approximate surface area is 111 Å². The lowest BCUT2D eigenvalue weighted by Gasteiger charge is -2.15. The van der Waals surface area contributed by atoms with Gasteiger partial charge in [0.15, 0.2) is 5.69 Å². The van der Waals surface area contributed by atoms with E-state index in [4.69, 9.17) is 0 Å². The summed E-state index contributed by atoms with van der Waals surface area (Å²) in [5, 5.41) is 10.9. The smallest absolute Gasteiger partial charge is 0.278 e. The number of rotatable bonds is 4. The zero-order valence-corrected chi connectivity index (χ0v) is 10.9. The predicted molar refractivity (Wildman–Crippen MR) is 73.2 cm³/mol. The van der Waals surface area contributed by atoms with Crippen molar-refractivity contribution in [2.24, 2.45) is 0 Å². The van der Waals surface area contributed by atoms with Crippen molar-refractivity contribution in [2.45, 2.75) is 6.92 Å². The molecule has 0 fully saturated rings. The Balaban J connectivity index is 2.15. The van der Waals surface area contributed by atoms with Gasteiger partial charge in [0, 0.05) is 19.8 Å². The lowest BCUT2D eigenvalue weighted by Crippen LogP contribution is -2.27. The van der Waals surface area contributed by atoms with Gasteiger partial charge >= 0.3 is 0 Å². The van der Waals surface area contributed by atoms with E-state index < -0.39 is 0 Å². The second-order valence-electron chi connectivity index (χ2n) is 3.91. The number of nitrogens with one attached hydrogen (secondary N) is 1. The third kappa shape index (κ3) is 3.04. The summed E-state index contributed by atoms with van der Waals surface area (Å²) < 4.78 is 0. The molecule has 0 radical (unpaired) electrons. The highest BCUT2D eigenvalue weighted by Gasteiger charge is 2.15. The quantitative estimate of drug-likeness (QED) is 0.900. The standard InChI is InChI=1S/C13H15N5O/c1-3-15-12-7-6-11(16-17-12)13(19)18(2)10-5-4-8-14-9-10/h4-9H,3H2,1-2H3,(H,15,17). The van der Waals surface area contributed by atoms with Crippen molar-refractivity contribution in [3.05, 3.63) is 42.4 Å². The van der Waals surface area contributed by atoms with E-state index in [-0.39, 0.29) is 5.91 Å². The molecule has 6 nitrogen and oxygen atoms in total. The zero-order valence-electron chi connectivity index (χ0n) is 10.9. The van der Waals surface area contributed by atoms with Crippen molar-refractivity contribution in [3.8, 4) is 0 Å². The van der Waals surface area contributed by atoms with Crippen LogP contribution in [0.1, 0.15) is 17.4 Å². The molecule has 0 aliphatic carbocycles. The van der Waals surface area contributed by atoms with Crippen LogP contribution in [0, 0.1) is 0 Å². The largest absolute Gasteiger partial charge is 0.369 e. The van der Waals surface area contributed by atoms with Crippen LogP contribution in [-0.2, 0) is 0 Å². The van der Waals surface area contributed by atoms with Crippen LogP contribution in [0.3, 0.4) is 0 Å². The van der Waals surface area contributed by atoms with Gasteiger partial charge in [0.2, 0.25) is 0 Å². The van der Waals surface area contributed by atoms with E-state index in [9.17, 15) is 4.79 Å². The molecule has 0 saturated carbocycles. The Hall–Kier alpha value is -2.50. The van der Waals surface area contributed by atoms with Gasteiger partial charge in [-0.2, -0.15) is 0 Å². The van der Waals surface area contributed by atoms with Gasteiger partial charge in [0.05, 0.1) is 11.9 Å². The topological polar surface area (TPSA) is 71.0 Å². The van der Waals surface area contributed by atoms with E-state index in [0.717, 1.165) is 6.54 Å². The summed E-state index contributed by atoms with van der Waals surface area (Å²) in [6.45, 7) is 2.73. The summed E-state index contributed by atoms with van der Waals surface area (Å²) in [7, 11) is 1.68. The number of carbonyl (C=O) groups is 1. The molecule has 19 heavy (non-hydrogen) atoms. The second-order valence-corrected chi connectivity index (χ2v) is 3.91. The highest BCUT2D eigenvalue weighted by Crippen LogP contribution is 2.12. The molecule has 2 aromatic rings. The van der Waals surface area contributed by atoms with Crippen LogP contribution in [0.15, 0.2) is 36.7 Å². The van der Waals surface area contributed by atoms with Gasteiger partial charge in [-0.15, -0.1) is 10.2 Å². The van der Waals surface area contributed by atoms with Crippen LogP contribution < -0.4 is 10.2 Å². The first kappa shape index (κ1) is 12.9. The fourth-order valence-electron chi connectivity index (χ4n) is 1.56. The molecule has 0 spiro atoms. The van der Waals surface area contributed by atoms with Crippen molar-refractivity contribution in [2.75, 3.05) is 23.8 Å². The molecule has 0 bridgehead atoms. The normalized spacial score (nSPS) is 10.0. The molecule has 0 saturated heterocycles. The van der Waals surface area contributed by atoms with Gasteiger partial charge in [-0.25, -0.2) is 0 Å². The molecular weight excluding hydrogens is 242 g/mol. The Morgan fingerprint density at radius 2 is 2.16 bits per heavy atom. The summed E-state index contributed by atoms with van der Waals surface area (Å²) in [4.78, 5) is 17.7. The summed E-state index contributed by atoms with van der Waals surface area (Å²) in [6, 6.07) is 6.98. The zero-order chi connectivity index (χ0) is 13.7. The van der Waals surface area contributed by atoms with E-state index in [0.29, 0.717) is 17.2 Å². The number of hydrogen-bond donors (Lipinski definition) is 1. The lowest BCUT2D eigenvalue weighted by molar-refractivity contribution is 0.0987. The van der Waals surface area contributed by atoms with Crippen molar-refractivity contribution >= 4 is 17.4 Å². The summed E-state index contributed by atoms with van der Waals surface area (Å²) >= 11 is 0. The molecule has 0 aliphatic rings. The van der Waals surface area contributed by atoms with Crippen LogP contribution in [-0.4, -0.2) is 34.7 Å². The second kappa shape index (κ2) is 5.90. The summed E-state index contributed by atoms with van der Waals surface area (Å²) in [5.41, 5.74) is 1.01. The minimum Gasteiger partial charge on any atom is -0.369 e. The first-order valence-electron chi connectivity index (χ1n) is 5.98. The van der Waals surface area contributed by atoms with Gasteiger partial charge < -0.3 is 10.2 Å². The molecule has 1 N–H and O–H groups in total. The Morgan fingerprint density at radius 3 is 2.74 bits per heavy atom. The first-order valence-corrected chi connectivity index (χ1v) is 5.98. The highest BCUT2D eigenvalue weighted by atomic mass is 16.2. The summed E-state index contributed by atoms with van der Waals surface area (Å²) in [6.07, 6.45) is 3.28. The lowest BCUT2D eigenvalue weighted by atomic mass is 10.3. The van der Waals surface area contributed by atoms with Gasteiger partial charge in [0.1, 0.15) is 5.82 Å². The van der Waals surface area contributed by atoms with Gasteiger partial charge in [0.25, 0.3) is 5.91 Å². The van der Waals surface area contributed by atoms with E-state index >= 15 is 0 Å². The van der Waals surface area contributed by atoms with Crippen molar-refractivity contribution < 1.29 is 4.79 Å². The number of pyridine rings is 1. The number of nitrogens with zero attached hydrogens (tertiary/aromatic N) is 4. The van der Waals surface area contributed by atoms with Gasteiger partial charge in [-0.3, -0.25) is 9.78 Å². The van der Waals surface area contributed by atoms with E-state index in [1.807, 2.05) is 13.0 Å². The highest BCUT2D eigenvalue weighted by molar-refractivity contribution is 6.04. The maximum Gasteiger partial charge on any atom is 0.278 e. The number of carbonyl (C=O) groups excluding carboxylic acids is 1. The SMILES string of the molecule is CCNc1ccc(C(=O)N(C)c2cccnc2)nn1. The molecule has 1 amide bonds. The molecular formula is C13H15N5O. The minimum absolute atomic E-state index is 0.219. The van der Waals surface area contributed by atoms with E-state index in [2.05, 4.69) is 20.5 Å². The maximum absolute atomic E-state index is 12.2. The van der Waals surface area contributed by atoms with Crippen LogP contribution in [0.5, 0.6) is 0 Å². The van der Waals surface area contributed by atoms with E-state index in [1.54, 1.807) is 37.6 Å². The number of aromatic nitrogens is 3. The molecule has 0 atom stereocenters. The molecule has 2 rings (SSSR count). The minimum atomic E-state index is -0.219. The van der Waals surface area contributed by atoms with Crippen LogP contribution in [0.2, 0.25) is 0 Å². The molecule has 98 valence electrons. The molecule has 0 aromatic carbocycles. The monoisotopic (exact) mass is 257 g/mol. The van der Waals surface area contributed by atoms with Crippen molar-refractivity contribution in [1.29, 1.82) is 0 Å². The Kier molecular flexibility index (Phi) is 4.02. The number of anilines is 2. The molecule has 2 aromatic heterocycles. The van der Waals surface area contributed by atoms with Gasteiger partial charge in [-0.1, -0.05) is 0 Å².